The summed E-state index contributed by atoms with van der Waals surface area (Å²) in [6, 6.07) is 0. The zero-order valence-corrected chi connectivity index (χ0v) is 7.32. The third kappa shape index (κ3) is 3.35. The fourth-order valence-electron chi connectivity index (χ4n) is 1.06. The van der Waals surface area contributed by atoms with Crippen LogP contribution in [0.15, 0.2) is 6.20 Å². The lowest BCUT2D eigenvalue weighted by atomic mass is 10.1. The minimum Gasteiger partial charge on any atom is -0.381 e. The highest BCUT2D eigenvalue weighted by Crippen LogP contribution is 2.11. The van der Waals surface area contributed by atoms with Crippen LogP contribution in [0.4, 0.5) is 14.6 Å². The van der Waals surface area contributed by atoms with Crippen molar-refractivity contribution in [2.45, 2.75) is 26.3 Å². The van der Waals surface area contributed by atoms with Crippen LogP contribution in [-0.4, -0.2) is 21.4 Å². The predicted molar refractivity (Wildman–Crippen MR) is 44.2 cm³/mol. The van der Waals surface area contributed by atoms with E-state index in [0.29, 0.717) is 12.4 Å². The van der Waals surface area contributed by atoms with E-state index in [2.05, 4.69) is 10.2 Å². The lowest BCUT2D eigenvalue weighted by molar-refractivity contribution is 0.112. The number of nitrogens with zero attached hydrogens (tertiary/aromatic N) is 3. The molecule has 0 radical (unpaired) electrons. The molecule has 0 aliphatic rings. The summed E-state index contributed by atoms with van der Waals surface area (Å²) in [5.41, 5.74) is 5.31. The molecule has 1 heterocycles. The third-order valence-electron chi connectivity index (χ3n) is 1.61. The van der Waals surface area contributed by atoms with Gasteiger partial charge in [0.25, 0.3) is 0 Å². The Hall–Kier alpha value is -1.20. The summed E-state index contributed by atoms with van der Waals surface area (Å²) in [4.78, 5) is 1.34. The molecule has 1 atom stereocenters. The highest BCUT2D eigenvalue weighted by Gasteiger charge is 2.11. The lowest BCUT2D eigenvalue weighted by Crippen LogP contribution is -2.13. The average molecular weight is 190 g/mol. The molecular formula is C7H12F2N4. The van der Waals surface area contributed by atoms with Crippen molar-refractivity contribution < 1.29 is 8.78 Å². The molecular weight excluding hydrogens is 178 g/mol. The lowest BCUT2D eigenvalue weighted by Gasteiger charge is -2.08. The van der Waals surface area contributed by atoms with E-state index in [1.54, 1.807) is 6.92 Å². The van der Waals surface area contributed by atoms with E-state index >= 15 is 0 Å². The number of aromatic nitrogens is 3. The van der Waals surface area contributed by atoms with Crippen molar-refractivity contribution in [1.29, 1.82) is 0 Å². The fraction of sp³-hybridized carbons (Fsp3) is 0.714. The molecule has 2 N–H and O–H groups in total. The molecule has 1 aromatic rings. The Morgan fingerprint density at radius 1 is 1.62 bits per heavy atom. The first-order valence-corrected chi connectivity index (χ1v) is 4.01. The molecule has 1 aromatic heterocycles. The minimum absolute atomic E-state index is 0.137. The first-order valence-electron chi connectivity index (χ1n) is 4.01. The van der Waals surface area contributed by atoms with Crippen molar-refractivity contribution in [2.75, 3.05) is 5.73 Å². The summed E-state index contributed by atoms with van der Waals surface area (Å²) in [6.07, 6.45) is -1.01. The number of hydrogen-bond donors (Lipinski definition) is 1. The molecule has 0 aliphatic carbocycles. The van der Waals surface area contributed by atoms with Gasteiger partial charge in [-0.15, -0.1) is 5.10 Å². The van der Waals surface area contributed by atoms with Crippen molar-refractivity contribution in [1.82, 2.24) is 15.0 Å². The van der Waals surface area contributed by atoms with Gasteiger partial charge >= 0.3 is 0 Å². The summed E-state index contributed by atoms with van der Waals surface area (Å²) < 4.78 is 23.8. The maximum absolute atomic E-state index is 11.9. The summed E-state index contributed by atoms with van der Waals surface area (Å²) >= 11 is 0. The van der Waals surface area contributed by atoms with E-state index in [9.17, 15) is 8.78 Å². The minimum atomic E-state index is -2.28. The van der Waals surface area contributed by atoms with Crippen molar-refractivity contribution >= 4 is 5.82 Å². The number of hydrogen-bond acceptors (Lipinski definition) is 3. The van der Waals surface area contributed by atoms with E-state index in [4.69, 9.17) is 5.73 Å². The van der Waals surface area contributed by atoms with Gasteiger partial charge in [-0.1, -0.05) is 6.92 Å². The van der Waals surface area contributed by atoms with Gasteiger partial charge in [-0.25, -0.2) is 8.78 Å². The molecule has 13 heavy (non-hydrogen) atoms. The molecule has 0 aromatic carbocycles. The molecule has 0 saturated heterocycles. The van der Waals surface area contributed by atoms with E-state index in [1.165, 1.54) is 11.0 Å². The standard InChI is InChI=1S/C7H12F2N4/c1-5(2-6(8)9)4-13-11-3-7(10)12-13/h3,5-6H,2,4H2,1H3,(H2,10,12). The van der Waals surface area contributed by atoms with Crippen LogP contribution in [0.25, 0.3) is 0 Å². The van der Waals surface area contributed by atoms with Crippen LogP contribution in [0.2, 0.25) is 0 Å². The Morgan fingerprint density at radius 3 is 2.77 bits per heavy atom. The molecule has 0 bridgehead atoms. The highest BCUT2D eigenvalue weighted by atomic mass is 19.3. The van der Waals surface area contributed by atoms with E-state index in [1.807, 2.05) is 0 Å². The maximum Gasteiger partial charge on any atom is 0.239 e. The number of nitrogen functional groups attached to an aromatic ring is 1. The Morgan fingerprint density at radius 2 is 2.31 bits per heavy atom. The van der Waals surface area contributed by atoms with Crippen LogP contribution in [0.3, 0.4) is 0 Å². The SMILES string of the molecule is CC(CC(F)F)Cn1ncc(N)n1. The summed E-state index contributed by atoms with van der Waals surface area (Å²) in [5.74, 6) is 0.163. The number of rotatable bonds is 4. The Bertz CT molecular complexity index is 261. The molecule has 74 valence electrons. The van der Waals surface area contributed by atoms with Gasteiger partial charge in [0.05, 0.1) is 12.7 Å². The van der Waals surface area contributed by atoms with Crippen LogP contribution >= 0.6 is 0 Å². The van der Waals surface area contributed by atoms with Crippen LogP contribution < -0.4 is 5.73 Å². The Labute approximate surface area is 74.7 Å². The summed E-state index contributed by atoms with van der Waals surface area (Å²) in [5, 5.41) is 7.60. The number of halogens is 2. The van der Waals surface area contributed by atoms with Gasteiger partial charge in [0.15, 0.2) is 5.82 Å². The monoisotopic (exact) mass is 190 g/mol. The molecule has 0 spiro atoms. The largest absolute Gasteiger partial charge is 0.381 e. The second-order valence-electron chi connectivity index (χ2n) is 3.06. The van der Waals surface area contributed by atoms with Gasteiger partial charge in [-0.2, -0.15) is 9.90 Å². The fourth-order valence-corrected chi connectivity index (χ4v) is 1.06. The second-order valence-corrected chi connectivity index (χ2v) is 3.06. The van der Waals surface area contributed by atoms with Crippen LogP contribution in [0.1, 0.15) is 13.3 Å². The molecule has 0 fully saturated rings. The summed E-state index contributed by atoms with van der Waals surface area (Å²) in [6.45, 7) is 2.10. The molecule has 1 unspecified atom stereocenters. The highest BCUT2D eigenvalue weighted by molar-refractivity contribution is 5.19. The van der Waals surface area contributed by atoms with Gasteiger partial charge in [-0.05, 0) is 5.92 Å². The first kappa shape index (κ1) is 9.88. The second kappa shape index (κ2) is 4.15. The molecule has 1 rings (SSSR count). The number of anilines is 1. The van der Waals surface area contributed by atoms with Crippen LogP contribution in [0, 0.1) is 5.92 Å². The van der Waals surface area contributed by atoms with Gasteiger partial charge in [0.2, 0.25) is 6.43 Å². The zero-order chi connectivity index (χ0) is 9.84. The Balaban J connectivity index is 2.40. The predicted octanol–water partition coefficient (Wildman–Crippen LogP) is 1.15. The van der Waals surface area contributed by atoms with Gasteiger partial charge in [-0.3, -0.25) is 0 Å². The van der Waals surface area contributed by atoms with Crippen LogP contribution in [-0.2, 0) is 6.54 Å². The molecule has 4 nitrogen and oxygen atoms in total. The molecule has 0 aliphatic heterocycles. The van der Waals surface area contributed by atoms with Gasteiger partial charge in [0, 0.05) is 6.42 Å². The smallest absolute Gasteiger partial charge is 0.239 e. The van der Waals surface area contributed by atoms with Crippen molar-refractivity contribution in [3.63, 3.8) is 0 Å². The first-order chi connectivity index (χ1) is 6.08. The normalized spacial score (nSPS) is 13.5. The third-order valence-corrected chi connectivity index (χ3v) is 1.61. The van der Waals surface area contributed by atoms with E-state index < -0.39 is 6.43 Å². The molecule has 6 heteroatoms. The average Bonchev–Trinajstić information content (AvgIpc) is 2.33. The quantitative estimate of drug-likeness (QED) is 0.774. The van der Waals surface area contributed by atoms with Crippen molar-refractivity contribution in [2.24, 2.45) is 5.92 Å². The maximum atomic E-state index is 11.9. The van der Waals surface area contributed by atoms with Gasteiger partial charge in [0.1, 0.15) is 0 Å². The van der Waals surface area contributed by atoms with Crippen molar-refractivity contribution in [3.8, 4) is 0 Å². The topological polar surface area (TPSA) is 56.7 Å². The molecule has 0 amide bonds. The zero-order valence-electron chi connectivity index (χ0n) is 7.32. The van der Waals surface area contributed by atoms with E-state index in [-0.39, 0.29) is 12.3 Å². The Kier molecular flexibility index (Phi) is 3.16. The van der Waals surface area contributed by atoms with Crippen LogP contribution in [0.5, 0.6) is 0 Å². The molecule has 0 saturated carbocycles. The van der Waals surface area contributed by atoms with Crippen molar-refractivity contribution in [3.05, 3.63) is 6.20 Å². The van der Waals surface area contributed by atoms with E-state index in [0.717, 1.165) is 0 Å². The summed E-state index contributed by atoms with van der Waals surface area (Å²) in [7, 11) is 0. The number of alkyl halides is 2. The van der Waals surface area contributed by atoms with Gasteiger partial charge < -0.3 is 5.73 Å². The number of nitrogens with two attached hydrogens (primary N) is 1.